The molecule has 0 radical (unpaired) electrons. The quantitative estimate of drug-likeness (QED) is 0.187. The van der Waals surface area contributed by atoms with E-state index < -0.39 is 16.7 Å². The van der Waals surface area contributed by atoms with Crippen LogP contribution in [0.3, 0.4) is 0 Å². The number of hydrogen-bond donors (Lipinski definition) is 2. The van der Waals surface area contributed by atoms with Gasteiger partial charge in [0.15, 0.2) is 16.1 Å². The highest BCUT2D eigenvalue weighted by Crippen LogP contribution is 2.34. The molecular weight excluding hydrogens is 552 g/mol. The molecule has 1 aromatic heterocycles. The number of nitro groups is 1. The second-order valence-electron chi connectivity index (χ2n) is 8.36. The predicted octanol–water partition coefficient (Wildman–Crippen LogP) is 3.18. The standard InChI is InChI=1S/C23H24N6O6S3/c30-19(6-10-27-8-2-1-3-9-27)26-28-21(32)18(38-23(28)36)13-15-12-16(29(33)34)4-5-17(15)35-14-20(31)25-22-24-7-11-37-22/h4-5,7,11-13H,1-3,6,8-10,14H2,(H,26,30)(H,24,25,31)/b18-13-. The zero-order valence-corrected chi connectivity index (χ0v) is 22.5. The zero-order chi connectivity index (χ0) is 27.1. The molecular formula is C23H24N6O6S3. The summed E-state index contributed by atoms with van der Waals surface area (Å²) in [7, 11) is 0. The molecule has 1 aromatic carbocycles. The number of carbonyl (C=O) groups is 3. The Balaban J connectivity index is 1.43. The predicted molar refractivity (Wildman–Crippen MR) is 147 cm³/mol. The minimum Gasteiger partial charge on any atom is -0.483 e. The van der Waals surface area contributed by atoms with Gasteiger partial charge >= 0.3 is 0 Å². The minimum absolute atomic E-state index is 0.128. The number of aromatic nitrogens is 1. The van der Waals surface area contributed by atoms with Gasteiger partial charge in [0.25, 0.3) is 17.5 Å². The average Bonchev–Trinajstić information content (AvgIpc) is 3.50. The molecule has 2 saturated heterocycles. The first kappa shape index (κ1) is 27.6. The van der Waals surface area contributed by atoms with Crippen LogP contribution in [0.25, 0.3) is 6.08 Å². The van der Waals surface area contributed by atoms with Crippen LogP contribution < -0.4 is 15.5 Å². The number of thioether (sulfide) groups is 1. The number of piperidine rings is 1. The maximum absolute atomic E-state index is 13.0. The molecule has 0 aliphatic carbocycles. The van der Waals surface area contributed by atoms with Crippen molar-refractivity contribution in [3.05, 3.63) is 50.4 Å². The summed E-state index contributed by atoms with van der Waals surface area (Å²) in [5.74, 6) is -1.22. The van der Waals surface area contributed by atoms with E-state index in [0.717, 1.165) is 42.7 Å². The molecule has 0 spiro atoms. The summed E-state index contributed by atoms with van der Waals surface area (Å²) >= 11 is 7.48. The first-order valence-electron chi connectivity index (χ1n) is 11.7. The van der Waals surface area contributed by atoms with Gasteiger partial charge in [-0.15, -0.1) is 11.3 Å². The van der Waals surface area contributed by atoms with Crippen molar-refractivity contribution in [1.29, 1.82) is 0 Å². The summed E-state index contributed by atoms with van der Waals surface area (Å²) in [6.45, 7) is 2.13. The second kappa shape index (κ2) is 12.9. The van der Waals surface area contributed by atoms with Crippen LogP contribution in [0.5, 0.6) is 5.75 Å². The normalized spacial score (nSPS) is 17.1. The maximum Gasteiger partial charge on any atom is 0.285 e. The molecule has 15 heteroatoms. The summed E-state index contributed by atoms with van der Waals surface area (Å²) in [6.07, 6.45) is 6.58. The summed E-state index contributed by atoms with van der Waals surface area (Å²) in [4.78, 5) is 54.8. The molecule has 200 valence electrons. The summed E-state index contributed by atoms with van der Waals surface area (Å²) in [5, 5.41) is 17.0. The number of benzene rings is 1. The lowest BCUT2D eigenvalue weighted by molar-refractivity contribution is -0.384. The Morgan fingerprint density at radius 3 is 2.74 bits per heavy atom. The van der Waals surface area contributed by atoms with Crippen molar-refractivity contribution in [1.82, 2.24) is 20.3 Å². The van der Waals surface area contributed by atoms with Crippen LogP contribution in [-0.2, 0) is 14.4 Å². The molecule has 0 atom stereocenters. The monoisotopic (exact) mass is 576 g/mol. The number of thiocarbonyl (C=S) groups is 1. The number of ether oxygens (including phenoxy) is 1. The highest BCUT2D eigenvalue weighted by molar-refractivity contribution is 8.26. The number of non-ortho nitro benzene ring substituents is 1. The van der Waals surface area contributed by atoms with E-state index in [2.05, 4.69) is 20.6 Å². The van der Waals surface area contributed by atoms with Gasteiger partial charge in [-0.05, 0) is 50.3 Å². The summed E-state index contributed by atoms with van der Waals surface area (Å²) in [5.41, 5.74) is 2.54. The largest absolute Gasteiger partial charge is 0.483 e. The molecule has 2 aliphatic rings. The fraction of sp³-hybridized carbons (Fsp3) is 0.348. The Kier molecular flexibility index (Phi) is 9.38. The Labute approximate surface area is 231 Å². The number of thiazole rings is 1. The zero-order valence-electron chi connectivity index (χ0n) is 20.1. The lowest BCUT2D eigenvalue weighted by atomic mass is 10.1. The van der Waals surface area contributed by atoms with Crippen LogP contribution in [-0.4, -0.2) is 68.1 Å². The van der Waals surface area contributed by atoms with Crippen LogP contribution in [0.4, 0.5) is 10.8 Å². The van der Waals surface area contributed by atoms with Crippen molar-refractivity contribution < 1.29 is 24.0 Å². The minimum atomic E-state index is -0.579. The number of likely N-dealkylation sites (tertiary alicyclic amines) is 1. The molecule has 0 saturated carbocycles. The first-order chi connectivity index (χ1) is 18.3. The van der Waals surface area contributed by atoms with E-state index in [9.17, 15) is 24.5 Å². The van der Waals surface area contributed by atoms with Gasteiger partial charge in [-0.3, -0.25) is 35.2 Å². The number of anilines is 1. The topological polar surface area (TPSA) is 147 Å². The molecule has 38 heavy (non-hydrogen) atoms. The third kappa shape index (κ3) is 7.34. The van der Waals surface area contributed by atoms with Crippen molar-refractivity contribution in [2.75, 3.05) is 31.6 Å². The van der Waals surface area contributed by atoms with Crippen LogP contribution >= 0.6 is 35.3 Å². The Morgan fingerprint density at radius 2 is 2.03 bits per heavy atom. The average molecular weight is 577 g/mol. The molecule has 12 nitrogen and oxygen atoms in total. The van der Waals surface area contributed by atoms with E-state index in [4.69, 9.17) is 17.0 Å². The van der Waals surface area contributed by atoms with Gasteiger partial charge in [-0.2, -0.15) is 5.01 Å². The van der Waals surface area contributed by atoms with Crippen molar-refractivity contribution in [3.63, 3.8) is 0 Å². The van der Waals surface area contributed by atoms with Gasteiger partial charge in [-0.25, -0.2) is 4.98 Å². The number of carbonyl (C=O) groups excluding carboxylic acids is 3. The van der Waals surface area contributed by atoms with Crippen molar-refractivity contribution >= 4 is 74.3 Å². The van der Waals surface area contributed by atoms with E-state index in [-0.39, 0.29) is 45.2 Å². The van der Waals surface area contributed by atoms with Crippen molar-refractivity contribution in [2.24, 2.45) is 0 Å². The molecule has 2 aliphatic heterocycles. The smallest absolute Gasteiger partial charge is 0.285 e. The molecule has 0 unspecified atom stereocenters. The van der Waals surface area contributed by atoms with Gasteiger partial charge < -0.3 is 9.64 Å². The summed E-state index contributed by atoms with van der Waals surface area (Å²) in [6, 6.07) is 3.82. The molecule has 4 rings (SSSR count). The Morgan fingerprint density at radius 1 is 1.24 bits per heavy atom. The number of amides is 3. The maximum atomic E-state index is 13.0. The number of nitro benzene ring substituents is 1. The molecule has 0 bridgehead atoms. The second-order valence-corrected chi connectivity index (χ2v) is 10.9. The van der Waals surface area contributed by atoms with Crippen LogP contribution in [0.15, 0.2) is 34.7 Å². The molecule has 2 aromatic rings. The fourth-order valence-electron chi connectivity index (χ4n) is 3.81. The first-order valence-corrected chi connectivity index (χ1v) is 13.8. The summed E-state index contributed by atoms with van der Waals surface area (Å²) < 4.78 is 5.72. The Bertz CT molecular complexity index is 1260. The number of hydrogen-bond acceptors (Lipinski definition) is 11. The third-order valence-corrected chi connectivity index (χ3v) is 7.65. The number of nitrogens with zero attached hydrogens (tertiary/aromatic N) is 4. The lowest BCUT2D eigenvalue weighted by Gasteiger charge is -2.26. The van der Waals surface area contributed by atoms with Crippen LogP contribution in [0.1, 0.15) is 31.2 Å². The van der Waals surface area contributed by atoms with Gasteiger partial charge in [0.05, 0.1) is 9.83 Å². The number of nitrogens with one attached hydrogen (secondary N) is 2. The SMILES string of the molecule is O=C(COc1ccc([N+](=O)[O-])cc1/C=C1\SC(=S)N(NC(=O)CCN2CCCCC2)C1=O)Nc1nccs1. The molecule has 2 N–H and O–H groups in total. The van der Waals surface area contributed by atoms with E-state index in [0.29, 0.717) is 11.7 Å². The number of hydrazine groups is 1. The highest BCUT2D eigenvalue weighted by Gasteiger charge is 2.34. The van der Waals surface area contributed by atoms with Crippen LogP contribution in [0.2, 0.25) is 0 Å². The van der Waals surface area contributed by atoms with Gasteiger partial charge in [0.2, 0.25) is 5.91 Å². The fourth-order valence-corrected chi connectivity index (χ4v) is 5.52. The van der Waals surface area contributed by atoms with Crippen molar-refractivity contribution in [3.8, 4) is 5.75 Å². The van der Waals surface area contributed by atoms with Crippen LogP contribution in [0, 0.1) is 10.1 Å². The van der Waals surface area contributed by atoms with E-state index >= 15 is 0 Å². The van der Waals surface area contributed by atoms with Gasteiger partial charge in [-0.1, -0.05) is 18.2 Å². The third-order valence-electron chi connectivity index (χ3n) is 5.66. The van der Waals surface area contributed by atoms with Gasteiger partial charge in [0, 0.05) is 42.2 Å². The van der Waals surface area contributed by atoms with E-state index in [1.54, 1.807) is 11.6 Å². The highest BCUT2D eigenvalue weighted by atomic mass is 32.2. The van der Waals surface area contributed by atoms with E-state index in [1.807, 2.05) is 0 Å². The van der Waals surface area contributed by atoms with Crippen molar-refractivity contribution in [2.45, 2.75) is 25.7 Å². The van der Waals surface area contributed by atoms with Gasteiger partial charge in [0.1, 0.15) is 5.75 Å². The Hall–Kier alpha value is -3.40. The lowest BCUT2D eigenvalue weighted by Crippen LogP contribution is -2.46. The van der Waals surface area contributed by atoms with E-state index in [1.165, 1.54) is 42.0 Å². The number of rotatable bonds is 10. The molecule has 3 amide bonds. The molecule has 2 fully saturated rings. The molecule has 3 heterocycles.